The van der Waals surface area contributed by atoms with Crippen molar-refractivity contribution in [3.63, 3.8) is 0 Å². The minimum absolute atomic E-state index is 0.503. The van der Waals surface area contributed by atoms with E-state index in [0.717, 1.165) is 17.8 Å². The van der Waals surface area contributed by atoms with Crippen molar-refractivity contribution in [1.82, 2.24) is 0 Å². The second-order valence-corrected chi connectivity index (χ2v) is 6.52. The lowest BCUT2D eigenvalue weighted by atomic mass is 9.71. The molecule has 3 atom stereocenters. The molecule has 2 aliphatic rings. The molecule has 0 aromatic heterocycles. The molecule has 0 aromatic rings. The van der Waals surface area contributed by atoms with Gasteiger partial charge in [-0.25, -0.2) is 0 Å². The van der Waals surface area contributed by atoms with Gasteiger partial charge in [-0.1, -0.05) is 64.7 Å². The van der Waals surface area contributed by atoms with Crippen LogP contribution in [0.1, 0.15) is 77.6 Å². The van der Waals surface area contributed by atoms with E-state index in [2.05, 4.69) is 6.92 Å². The molecule has 0 amide bonds. The quantitative estimate of drug-likeness (QED) is 0.765. The molecule has 0 aliphatic heterocycles. The molecule has 0 radical (unpaired) electrons. The van der Waals surface area contributed by atoms with Crippen molar-refractivity contribution in [2.75, 3.05) is 0 Å². The third-order valence-electron chi connectivity index (χ3n) is 5.37. The van der Waals surface area contributed by atoms with Gasteiger partial charge < -0.3 is 5.73 Å². The molecule has 2 rings (SSSR count). The van der Waals surface area contributed by atoms with E-state index in [4.69, 9.17) is 5.73 Å². The fraction of sp³-hybridized carbons (Fsp3) is 1.00. The molecule has 2 aliphatic carbocycles. The molecule has 2 fully saturated rings. The van der Waals surface area contributed by atoms with E-state index < -0.39 is 0 Å². The highest BCUT2D eigenvalue weighted by Gasteiger charge is 2.30. The van der Waals surface area contributed by atoms with E-state index in [1.54, 1.807) is 0 Å². The van der Waals surface area contributed by atoms with Crippen molar-refractivity contribution in [2.45, 2.75) is 83.6 Å². The number of hydrogen-bond acceptors (Lipinski definition) is 1. The molecule has 0 spiro atoms. The molecule has 100 valence electrons. The Balaban J connectivity index is 1.82. The van der Waals surface area contributed by atoms with E-state index in [9.17, 15) is 0 Å². The molecule has 2 saturated carbocycles. The van der Waals surface area contributed by atoms with Crippen LogP contribution in [0, 0.1) is 17.8 Å². The Morgan fingerprint density at radius 2 is 1.59 bits per heavy atom. The normalized spacial score (nSPS) is 33.5. The summed E-state index contributed by atoms with van der Waals surface area (Å²) in [6.07, 6.45) is 15.7. The minimum atomic E-state index is 0.503. The predicted molar refractivity (Wildman–Crippen MR) is 74.9 cm³/mol. The SMILES string of the molecule is CCC1CCCCC1C(N)CC1CCCCC1. The second-order valence-electron chi connectivity index (χ2n) is 6.52. The Morgan fingerprint density at radius 3 is 2.29 bits per heavy atom. The van der Waals surface area contributed by atoms with Crippen LogP contribution >= 0.6 is 0 Å². The zero-order chi connectivity index (χ0) is 12.1. The van der Waals surface area contributed by atoms with Gasteiger partial charge in [-0.05, 0) is 30.6 Å². The Bertz CT molecular complexity index is 208. The van der Waals surface area contributed by atoms with Crippen LogP contribution in [-0.4, -0.2) is 6.04 Å². The van der Waals surface area contributed by atoms with Crippen molar-refractivity contribution >= 4 is 0 Å². The van der Waals surface area contributed by atoms with Gasteiger partial charge in [-0.2, -0.15) is 0 Å². The van der Waals surface area contributed by atoms with Crippen molar-refractivity contribution in [3.05, 3.63) is 0 Å². The van der Waals surface area contributed by atoms with Gasteiger partial charge in [0.25, 0.3) is 0 Å². The standard InChI is InChI=1S/C16H31N/c1-2-14-10-6-7-11-15(14)16(17)12-13-8-4-3-5-9-13/h13-16H,2-12,17H2,1H3. The minimum Gasteiger partial charge on any atom is -0.327 e. The van der Waals surface area contributed by atoms with Crippen LogP contribution in [0.4, 0.5) is 0 Å². The first kappa shape index (κ1) is 13.4. The number of hydrogen-bond donors (Lipinski definition) is 1. The molecule has 1 heteroatoms. The van der Waals surface area contributed by atoms with Crippen LogP contribution in [0.3, 0.4) is 0 Å². The number of nitrogens with two attached hydrogens (primary N) is 1. The highest BCUT2D eigenvalue weighted by atomic mass is 14.7. The second kappa shape index (κ2) is 6.78. The average molecular weight is 237 g/mol. The maximum atomic E-state index is 6.55. The van der Waals surface area contributed by atoms with Crippen molar-refractivity contribution in [2.24, 2.45) is 23.5 Å². The van der Waals surface area contributed by atoms with Gasteiger partial charge in [-0.3, -0.25) is 0 Å². The first-order valence-corrected chi connectivity index (χ1v) is 8.06. The zero-order valence-corrected chi connectivity index (χ0v) is 11.7. The van der Waals surface area contributed by atoms with Gasteiger partial charge in [0.2, 0.25) is 0 Å². The highest BCUT2D eigenvalue weighted by molar-refractivity contribution is 4.84. The summed E-state index contributed by atoms with van der Waals surface area (Å²) in [7, 11) is 0. The smallest absolute Gasteiger partial charge is 0.00724 e. The van der Waals surface area contributed by atoms with Gasteiger partial charge >= 0.3 is 0 Å². The summed E-state index contributed by atoms with van der Waals surface area (Å²) in [4.78, 5) is 0. The fourth-order valence-corrected chi connectivity index (χ4v) is 4.29. The molecule has 17 heavy (non-hydrogen) atoms. The number of rotatable bonds is 4. The zero-order valence-electron chi connectivity index (χ0n) is 11.7. The first-order chi connectivity index (χ1) is 8.31. The first-order valence-electron chi connectivity index (χ1n) is 8.06. The monoisotopic (exact) mass is 237 g/mol. The highest BCUT2D eigenvalue weighted by Crippen LogP contribution is 2.37. The molecule has 3 unspecified atom stereocenters. The van der Waals surface area contributed by atoms with Gasteiger partial charge in [0.15, 0.2) is 0 Å². The maximum absolute atomic E-state index is 6.55. The Morgan fingerprint density at radius 1 is 0.941 bits per heavy atom. The summed E-state index contributed by atoms with van der Waals surface area (Å²) in [6, 6.07) is 0.503. The predicted octanol–water partition coefficient (Wildman–Crippen LogP) is 4.50. The van der Waals surface area contributed by atoms with Crippen LogP contribution in [-0.2, 0) is 0 Å². The summed E-state index contributed by atoms with van der Waals surface area (Å²) in [5.41, 5.74) is 6.55. The fourth-order valence-electron chi connectivity index (χ4n) is 4.29. The molecule has 2 N–H and O–H groups in total. The van der Waals surface area contributed by atoms with E-state index >= 15 is 0 Å². The molecule has 0 heterocycles. The van der Waals surface area contributed by atoms with Crippen LogP contribution in [0.25, 0.3) is 0 Å². The Kier molecular flexibility index (Phi) is 5.34. The topological polar surface area (TPSA) is 26.0 Å². The lowest BCUT2D eigenvalue weighted by Crippen LogP contribution is -2.38. The molecule has 0 aromatic carbocycles. The molecule has 0 saturated heterocycles. The third-order valence-corrected chi connectivity index (χ3v) is 5.37. The van der Waals surface area contributed by atoms with Crippen molar-refractivity contribution in [1.29, 1.82) is 0 Å². The lowest BCUT2D eigenvalue weighted by molar-refractivity contribution is 0.170. The largest absolute Gasteiger partial charge is 0.327 e. The molecule has 0 bridgehead atoms. The van der Waals surface area contributed by atoms with E-state index in [-0.39, 0.29) is 0 Å². The average Bonchev–Trinajstić information content (AvgIpc) is 2.40. The molecular formula is C16H31N. The summed E-state index contributed by atoms with van der Waals surface area (Å²) in [5, 5.41) is 0. The van der Waals surface area contributed by atoms with Gasteiger partial charge in [0.05, 0.1) is 0 Å². The molecule has 1 nitrogen and oxygen atoms in total. The van der Waals surface area contributed by atoms with Crippen molar-refractivity contribution < 1.29 is 0 Å². The lowest BCUT2D eigenvalue weighted by Gasteiger charge is -2.37. The van der Waals surface area contributed by atoms with Gasteiger partial charge in [0, 0.05) is 6.04 Å². The van der Waals surface area contributed by atoms with E-state index in [0.29, 0.717) is 6.04 Å². The Labute approximate surface area is 108 Å². The summed E-state index contributed by atoms with van der Waals surface area (Å²) >= 11 is 0. The van der Waals surface area contributed by atoms with Crippen LogP contribution in [0.5, 0.6) is 0 Å². The van der Waals surface area contributed by atoms with Gasteiger partial charge in [-0.15, -0.1) is 0 Å². The summed E-state index contributed by atoms with van der Waals surface area (Å²) < 4.78 is 0. The van der Waals surface area contributed by atoms with Crippen LogP contribution in [0.15, 0.2) is 0 Å². The Hall–Kier alpha value is -0.0400. The summed E-state index contributed by atoms with van der Waals surface area (Å²) in [6.45, 7) is 2.36. The third kappa shape index (κ3) is 3.71. The summed E-state index contributed by atoms with van der Waals surface area (Å²) in [5.74, 6) is 2.73. The van der Waals surface area contributed by atoms with E-state index in [1.165, 1.54) is 70.6 Å². The van der Waals surface area contributed by atoms with E-state index in [1.807, 2.05) is 0 Å². The van der Waals surface area contributed by atoms with Gasteiger partial charge in [0.1, 0.15) is 0 Å². The molecular weight excluding hydrogens is 206 g/mol. The van der Waals surface area contributed by atoms with Crippen LogP contribution < -0.4 is 5.73 Å². The van der Waals surface area contributed by atoms with Crippen LogP contribution in [0.2, 0.25) is 0 Å². The van der Waals surface area contributed by atoms with Crippen molar-refractivity contribution in [3.8, 4) is 0 Å². The maximum Gasteiger partial charge on any atom is 0.00724 e.